The number of aromatic nitrogens is 4. The fourth-order valence-corrected chi connectivity index (χ4v) is 5.79. The van der Waals surface area contributed by atoms with Crippen LogP contribution >= 0.6 is 34.4 Å². The molecule has 0 amide bonds. The van der Waals surface area contributed by atoms with Crippen molar-refractivity contribution in [3.8, 4) is 10.6 Å². The van der Waals surface area contributed by atoms with Crippen molar-refractivity contribution >= 4 is 34.4 Å². The highest BCUT2D eigenvalue weighted by atomic mass is 32.2. The van der Waals surface area contributed by atoms with Crippen LogP contribution in [0.3, 0.4) is 0 Å². The van der Waals surface area contributed by atoms with Gasteiger partial charge in [0.1, 0.15) is 10.8 Å². The van der Waals surface area contributed by atoms with Crippen LogP contribution in [-0.2, 0) is 18.3 Å². The molecular weight excluding hydrogens is 461 g/mol. The molecule has 0 radical (unpaired) electrons. The zero-order valence-corrected chi connectivity index (χ0v) is 18.6. The topological polar surface area (TPSA) is 43.6 Å². The molecule has 4 nitrogen and oxygen atoms in total. The van der Waals surface area contributed by atoms with Gasteiger partial charge in [-0.2, -0.15) is 13.2 Å². The summed E-state index contributed by atoms with van der Waals surface area (Å²) < 4.78 is 40.5. The van der Waals surface area contributed by atoms with Crippen LogP contribution in [0.2, 0.25) is 0 Å². The molecular formula is C21H17F3N4S3. The van der Waals surface area contributed by atoms with Crippen molar-refractivity contribution in [2.24, 2.45) is 0 Å². The van der Waals surface area contributed by atoms with Gasteiger partial charge in [-0.15, -0.1) is 32.9 Å². The van der Waals surface area contributed by atoms with E-state index in [1.54, 1.807) is 23.1 Å². The number of hydrogen-bond acceptors (Lipinski definition) is 6. The van der Waals surface area contributed by atoms with Gasteiger partial charge in [0, 0.05) is 34.0 Å². The van der Waals surface area contributed by atoms with Gasteiger partial charge in [-0.3, -0.25) is 0 Å². The molecule has 0 aliphatic heterocycles. The van der Waals surface area contributed by atoms with Gasteiger partial charge in [0.05, 0.1) is 11.3 Å². The van der Waals surface area contributed by atoms with Crippen LogP contribution in [0.1, 0.15) is 40.8 Å². The van der Waals surface area contributed by atoms with Crippen LogP contribution in [0, 0.1) is 0 Å². The molecule has 31 heavy (non-hydrogen) atoms. The lowest BCUT2D eigenvalue weighted by Crippen LogP contribution is -2.04. The molecule has 1 aliphatic rings. The third-order valence-electron chi connectivity index (χ3n) is 4.92. The van der Waals surface area contributed by atoms with E-state index in [0.717, 1.165) is 48.1 Å². The Morgan fingerprint density at radius 3 is 2.55 bits per heavy atom. The van der Waals surface area contributed by atoms with Crippen molar-refractivity contribution in [3.63, 3.8) is 0 Å². The molecule has 0 unspecified atom stereocenters. The van der Waals surface area contributed by atoms with Crippen LogP contribution in [0.15, 0.2) is 52.3 Å². The third kappa shape index (κ3) is 4.70. The summed E-state index contributed by atoms with van der Waals surface area (Å²) in [5.74, 6) is 1.64. The molecule has 1 aromatic carbocycles. The number of thioether (sulfide) groups is 1. The standard InChI is InChI=1S/C21H17F3N4S3/c22-21(23,24)14-5-3-13(4-6-14)19-25-15(11-30-19)12-31-20-27-26-18(28(20)16-7-8-16)10-17-2-1-9-29-17/h1-6,9,11,16H,7-8,10,12H2. The predicted octanol–water partition coefficient (Wildman–Crippen LogP) is 6.70. The Morgan fingerprint density at radius 2 is 1.87 bits per heavy atom. The fourth-order valence-electron chi connectivity index (χ4n) is 3.24. The maximum absolute atomic E-state index is 12.8. The van der Waals surface area contributed by atoms with Gasteiger partial charge >= 0.3 is 6.18 Å². The number of halogens is 3. The number of nitrogens with zero attached hydrogens (tertiary/aromatic N) is 4. The fraction of sp³-hybridized carbons (Fsp3) is 0.286. The van der Waals surface area contributed by atoms with Crippen molar-refractivity contribution in [2.75, 3.05) is 0 Å². The highest BCUT2D eigenvalue weighted by Gasteiger charge is 2.31. The predicted molar refractivity (Wildman–Crippen MR) is 118 cm³/mol. The average molecular weight is 479 g/mol. The summed E-state index contributed by atoms with van der Waals surface area (Å²) in [5.41, 5.74) is 0.921. The minimum Gasteiger partial charge on any atom is -0.303 e. The molecule has 0 saturated heterocycles. The lowest BCUT2D eigenvalue weighted by atomic mass is 10.1. The molecule has 1 saturated carbocycles. The maximum Gasteiger partial charge on any atom is 0.416 e. The molecule has 3 aromatic heterocycles. The second kappa shape index (κ2) is 8.40. The smallest absolute Gasteiger partial charge is 0.303 e. The van der Waals surface area contributed by atoms with Crippen molar-refractivity contribution in [3.05, 3.63) is 69.1 Å². The Morgan fingerprint density at radius 1 is 1.06 bits per heavy atom. The zero-order chi connectivity index (χ0) is 21.4. The largest absolute Gasteiger partial charge is 0.416 e. The molecule has 0 atom stereocenters. The van der Waals surface area contributed by atoms with Crippen LogP contribution in [0.5, 0.6) is 0 Å². The number of alkyl halides is 3. The minimum atomic E-state index is -4.33. The first-order valence-electron chi connectivity index (χ1n) is 9.68. The van der Waals surface area contributed by atoms with Crippen molar-refractivity contribution in [1.82, 2.24) is 19.7 Å². The Bertz CT molecular complexity index is 1160. The quantitative estimate of drug-likeness (QED) is 0.277. The molecule has 0 spiro atoms. The Balaban J connectivity index is 1.28. The highest BCUT2D eigenvalue weighted by Crippen LogP contribution is 2.40. The molecule has 3 heterocycles. The number of thiophene rings is 1. The summed E-state index contributed by atoms with van der Waals surface area (Å²) >= 11 is 4.76. The van der Waals surface area contributed by atoms with Gasteiger partial charge < -0.3 is 4.57 Å². The van der Waals surface area contributed by atoms with E-state index in [0.29, 0.717) is 22.4 Å². The number of hydrogen-bond donors (Lipinski definition) is 0. The Hall–Kier alpha value is -2.17. The molecule has 1 fully saturated rings. The monoisotopic (exact) mass is 478 g/mol. The van der Waals surface area contributed by atoms with Crippen molar-refractivity contribution < 1.29 is 13.2 Å². The zero-order valence-electron chi connectivity index (χ0n) is 16.2. The number of rotatable bonds is 7. The first kappa shape index (κ1) is 20.7. The van der Waals surface area contributed by atoms with Crippen LogP contribution in [-0.4, -0.2) is 19.7 Å². The lowest BCUT2D eigenvalue weighted by Gasteiger charge is -2.07. The van der Waals surface area contributed by atoms with Gasteiger partial charge in [-0.1, -0.05) is 30.0 Å². The first-order valence-corrected chi connectivity index (χ1v) is 12.4. The van der Waals surface area contributed by atoms with Gasteiger partial charge in [-0.25, -0.2) is 4.98 Å². The lowest BCUT2D eigenvalue weighted by molar-refractivity contribution is -0.137. The van der Waals surface area contributed by atoms with E-state index in [1.165, 1.54) is 28.3 Å². The van der Waals surface area contributed by atoms with E-state index >= 15 is 0 Å². The minimum absolute atomic E-state index is 0.477. The molecule has 5 rings (SSSR count). The molecule has 4 aromatic rings. The molecule has 10 heteroatoms. The van der Waals surface area contributed by atoms with Crippen LogP contribution < -0.4 is 0 Å². The number of thiazole rings is 1. The summed E-state index contributed by atoms with van der Waals surface area (Å²) in [6.07, 6.45) is -1.24. The van der Waals surface area contributed by atoms with E-state index in [4.69, 9.17) is 0 Å². The third-order valence-corrected chi connectivity index (χ3v) is 7.71. The summed E-state index contributed by atoms with van der Waals surface area (Å²) in [5, 5.41) is 14.5. The van der Waals surface area contributed by atoms with E-state index in [2.05, 4.69) is 31.2 Å². The van der Waals surface area contributed by atoms with Crippen molar-refractivity contribution in [1.29, 1.82) is 0 Å². The van der Waals surface area contributed by atoms with Crippen molar-refractivity contribution in [2.45, 2.75) is 42.4 Å². The van der Waals surface area contributed by atoms with E-state index in [9.17, 15) is 13.2 Å². The highest BCUT2D eigenvalue weighted by molar-refractivity contribution is 7.98. The molecule has 160 valence electrons. The van der Waals surface area contributed by atoms with Gasteiger partial charge in [0.25, 0.3) is 0 Å². The normalized spacial score (nSPS) is 14.3. The SMILES string of the molecule is FC(F)(F)c1ccc(-c2nc(CSc3nnc(Cc4cccs4)n3C3CC3)cs2)cc1. The second-order valence-corrected chi connectivity index (χ2v) is 10.1. The molecule has 0 bridgehead atoms. The molecule has 1 aliphatic carbocycles. The number of benzene rings is 1. The van der Waals surface area contributed by atoms with Crippen LogP contribution in [0.25, 0.3) is 10.6 Å². The average Bonchev–Trinajstić information content (AvgIpc) is 3.14. The summed E-state index contributed by atoms with van der Waals surface area (Å²) in [4.78, 5) is 5.88. The van der Waals surface area contributed by atoms with Gasteiger partial charge in [0.15, 0.2) is 5.16 Å². The Kier molecular flexibility index (Phi) is 5.61. The summed E-state index contributed by atoms with van der Waals surface area (Å²) in [6.45, 7) is 0. The second-order valence-electron chi connectivity index (χ2n) is 7.26. The van der Waals surface area contributed by atoms with Gasteiger partial charge in [-0.05, 0) is 36.4 Å². The van der Waals surface area contributed by atoms with E-state index in [1.807, 2.05) is 11.4 Å². The van der Waals surface area contributed by atoms with E-state index in [-0.39, 0.29) is 0 Å². The first-order chi connectivity index (χ1) is 15.0. The Labute approximate surface area is 189 Å². The summed E-state index contributed by atoms with van der Waals surface area (Å²) in [6, 6.07) is 9.77. The summed E-state index contributed by atoms with van der Waals surface area (Å²) in [7, 11) is 0. The van der Waals surface area contributed by atoms with Crippen LogP contribution in [0.4, 0.5) is 13.2 Å². The maximum atomic E-state index is 12.8. The van der Waals surface area contributed by atoms with Gasteiger partial charge in [0.2, 0.25) is 0 Å². The molecule has 0 N–H and O–H groups in total. The van der Waals surface area contributed by atoms with E-state index < -0.39 is 11.7 Å².